The van der Waals surface area contributed by atoms with E-state index in [9.17, 15) is 14.7 Å². The molecule has 0 radical (unpaired) electrons. The van der Waals surface area contributed by atoms with Crippen LogP contribution in [0.4, 0.5) is 5.69 Å². The quantitative estimate of drug-likeness (QED) is 0.723. The van der Waals surface area contributed by atoms with Gasteiger partial charge in [0.25, 0.3) is 5.91 Å². The van der Waals surface area contributed by atoms with Crippen LogP contribution in [0.15, 0.2) is 46.9 Å². The number of carbonyl (C=O) groups is 2. The van der Waals surface area contributed by atoms with Gasteiger partial charge in [-0.1, -0.05) is 22.0 Å². The number of phenols is 1. The van der Waals surface area contributed by atoms with E-state index in [0.29, 0.717) is 16.8 Å². The second-order valence-corrected chi connectivity index (χ2v) is 7.70. The SMILES string of the molecule is CC(C)(C)NC(=O)c1cccc(NC(=O)Cc2cc(Br)ccc2O)c1. The van der Waals surface area contributed by atoms with Crippen molar-refractivity contribution < 1.29 is 14.7 Å². The van der Waals surface area contributed by atoms with Gasteiger partial charge in [0.1, 0.15) is 5.75 Å². The average molecular weight is 405 g/mol. The monoisotopic (exact) mass is 404 g/mol. The fourth-order valence-electron chi connectivity index (χ4n) is 2.22. The molecular weight excluding hydrogens is 384 g/mol. The van der Waals surface area contributed by atoms with Crippen LogP contribution < -0.4 is 10.6 Å². The van der Waals surface area contributed by atoms with Crippen LogP contribution in [0.5, 0.6) is 5.75 Å². The second-order valence-electron chi connectivity index (χ2n) is 6.78. The Hall–Kier alpha value is -2.34. The Morgan fingerprint density at radius 2 is 1.84 bits per heavy atom. The number of amides is 2. The molecule has 0 saturated heterocycles. The van der Waals surface area contributed by atoms with Crippen LogP contribution in [-0.4, -0.2) is 22.5 Å². The third kappa shape index (κ3) is 5.90. The molecule has 2 aromatic carbocycles. The summed E-state index contributed by atoms with van der Waals surface area (Å²) in [7, 11) is 0. The molecule has 0 atom stereocenters. The summed E-state index contributed by atoms with van der Waals surface area (Å²) in [6, 6.07) is 11.7. The van der Waals surface area contributed by atoms with E-state index < -0.39 is 0 Å². The number of halogens is 1. The first-order valence-corrected chi connectivity index (χ1v) is 8.63. The van der Waals surface area contributed by atoms with E-state index in [1.165, 1.54) is 6.07 Å². The summed E-state index contributed by atoms with van der Waals surface area (Å²) >= 11 is 3.32. The zero-order valence-electron chi connectivity index (χ0n) is 14.4. The number of nitrogens with one attached hydrogen (secondary N) is 2. The second kappa shape index (κ2) is 7.70. The predicted octanol–water partition coefficient (Wildman–Crippen LogP) is 3.86. The Kier molecular flexibility index (Phi) is 5.85. The van der Waals surface area contributed by atoms with Crippen molar-refractivity contribution in [1.82, 2.24) is 5.32 Å². The molecule has 2 aromatic rings. The molecule has 0 spiro atoms. The maximum absolute atomic E-state index is 12.2. The van der Waals surface area contributed by atoms with Crippen LogP contribution in [-0.2, 0) is 11.2 Å². The summed E-state index contributed by atoms with van der Waals surface area (Å²) in [5, 5.41) is 15.5. The zero-order valence-corrected chi connectivity index (χ0v) is 16.0. The van der Waals surface area contributed by atoms with E-state index in [2.05, 4.69) is 26.6 Å². The van der Waals surface area contributed by atoms with E-state index in [-0.39, 0.29) is 29.5 Å². The minimum Gasteiger partial charge on any atom is -0.508 e. The number of phenolic OH excluding ortho intramolecular Hbond substituents is 1. The number of rotatable bonds is 4. The third-order valence-electron chi connectivity index (χ3n) is 3.29. The number of benzene rings is 2. The van der Waals surface area contributed by atoms with Crippen LogP contribution in [0.1, 0.15) is 36.7 Å². The number of anilines is 1. The van der Waals surface area contributed by atoms with Crippen molar-refractivity contribution in [2.45, 2.75) is 32.7 Å². The van der Waals surface area contributed by atoms with Gasteiger partial charge in [-0.3, -0.25) is 9.59 Å². The summed E-state index contributed by atoms with van der Waals surface area (Å²) in [4.78, 5) is 24.4. The highest BCUT2D eigenvalue weighted by atomic mass is 79.9. The molecule has 0 unspecified atom stereocenters. The number of aromatic hydroxyl groups is 1. The minimum absolute atomic E-state index is 0.0314. The smallest absolute Gasteiger partial charge is 0.251 e. The largest absolute Gasteiger partial charge is 0.508 e. The van der Waals surface area contributed by atoms with Crippen molar-refractivity contribution in [3.05, 3.63) is 58.1 Å². The topological polar surface area (TPSA) is 78.4 Å². The molecule has 0 aliphatic carbocycles. The zero-order chi connectivity index (χ0) is 18.6. The summed E-state index contributed by atoms with van der Waals surface area (Å²) in [5.74, 6) is -0.410. The van der Waals surface area contributed by atoms with Crippen LogP contribution in [0.2, 0.25) is 0 Å². The lowest BCUT2D eigenvalue weighted by atomic mass is 10.1. The molecular formula is C19H21BrN2O3. The van der Waals surface area contributed by atoms with Crippen molar-refractivity contribution in [3.63, 3.8) is 0 Å². The van der Waals surface area contributed by atoms with Crippen LogP contribution >= 0.6 is 15.9 Å². The van der Waals surface area contributed by atoms with Gasteiger partial charge in [-0.2, -0.15) is 0 Å². The molecule has 0 fully saturated rings. The molecule has 6 heteroatoms. The minimum atomic E-state index is -0.339. The van der Waals surface area contributed by atoms with Gasteiger partial charge < -0.3 is 15.7 Å². The molecule has 2 amide bonds. The number of hydrogen-bond donors (Lipinski definition) is 3. The average Bonchev–Trinajstić information content (AvgIpc) is 2.49. The van der Waals surface area contributed by atoms with Crippen molar-refractivity contribution in [2.75, 3.05) is 5.32 Å². The highest BCUT2D eigenvalue weighted by Gasteiger charge is 2.16. The number of hydrogen-bond acceptors (Lipinski definition) is 3. The van der Waals surface area contributed by atoms with Gasteiger partial charge in [-0.25, -0.2) is 0 Å². The summed E-state index contributed by atoms with van der Waals surface area (Å²) in [6.45, 7) is 5.71. The highest BCUT2D eigenvalue weighted by Crippen LogP contribution is 2.22. The molecule has 0 aliphatic rings. The predicted molar refractivity (Wildman–Crippen MR) is 102 cm³/mol. The summed E-state index contributed by atoms with van der Waals surface area (Å²) < 4.78 is 0.786. The first kappa shape index (κ1) is 19.0. The maximum Gasteiger partial charge on any atom is 0.251 e. The molecule has 0 aromatic heterocycles. The Morgan fingerprint density at radius 3 is 2.52 bits per heavy atom. The van der Waals surface area contributed by atoms with Gasteiger partial charge in [0.05, 0.1) is 6.42 Å². The fraction of sp³-hybridized carbons (Fsp3) is 0.263. The molecule has 0 saturated carbocycles. The van der Waals surface area contributed by atoms with Crippen LogP contribution in [0, 0.1) is 0 Å². The van der Waals surface area contributed by atoms with Crippen molar-refractivity contribution in [1.29, 1.82) is 0 Å². The Morgan fingerprint density at radius 1 is 1.12 bits per heavy atom. The Labute approximate surface area is 155 Å². The first-order chi connectivity index (χ1) is 11.6. The lowest BCUT2D eigenvalue weighted by molar-refractivity contribution is -0.115. The highest BCUT2D eigenvalue weighted by molar-refractivity contribution is 9.10. The fourth-order valence-corrected chi connectivity index (χ4v) is 2.63. The molecule has 25 heavy (non-hydrogen) atoms. The Bertz CT molecular complexity index is 797. The Balaban J connectivity index is 2.07. The van der Waals surface area contributed by atoms with E-state index in [1.807, 2.05) is 20.8 Å². The van der Waals surface area contributed by atoms with Crippen molar-refractivity contribution in [2.24, 2.45) is 0 Å². The lowest BCUT2D eigenvalue weighted by Crippen LogP contribution is -2.40. The molecule has 0 aliphatic heterocycles. The normalized spacial score (nSPS) is 11.0. The van der Waals surface area contributed by atoms with Gasteiger partial charge in [-0.05, 0) is 57.2 Å². The van der Waals surface area contributed by atoms with Crippen molar-refractivity contribution in [3.8, 4) is 5.75 Å². The van der Waals surface area contributed by atoms with Gasteiger partial charge in [0.15, 0.2) is 0 Å². The number of carbonyl (C=O) groups excluding carboxylic acids is 2. The molecule has 3 N–H and O–H groups in total. The van der Waals surface area contributed by atoms with Gasteiger partial charge in [0.2, 0.25) is 5.91 Å². The van der Waals surface area contributed by atoms with Crippen molar-refractivity contribution >= 4 is 33.4 Å². The van der Waals surface area contributed by atoms with E-state index >= 15 is 0 Å². The molecule has 5 nitrogen and oxygen atoms in total. The van der Waals surface area contributed by atoms with E-state index in [4.69, 9.17) is 0 Å². The molecule has 2 rings (SSSR count). The first-order valence-electron chi connectivity index (χ1n) is 7.84. The van der Waals surface area contributed by atoms with Gasteiger partial charge in [0, 0.05) is 26.8 Å². The van der Waals surface area contributed by atoms with E-state index in [0.717, 1.165) is 4.47 Å². The van der Waals surface area contributed by atoms with Gasteiger partial charge >= 0.3 is 0 Å². The van der Waals surface area contributed by atoms with Crippen LogP contribution in [0.3, 0.4) is 0 Å². The van der Waals surface area contributed by atoms with Crippen LogP contribution in [0.25, 0.3) is 0 Å². The van der Waals surface area contributed by atoms with E-state index in [1.54, 1.807) is 36.4 Å². The molecule has 0 bridgehead atoms. The third-order valence-corrected chi connectivity index (χ3v) is 3.78. The summed E-state index contributed by atoms with van der Waals surface area (Å²) in [6.07, 6.45) is 0.0314. The summed E-state index contributed by atoms with van der Waals surface area (Å²) in [5.41, 5.74) is 1.18. The lowest BCUT2D eigenvalue weighted by Gasteiger charge is -2.20. The standard InChI is InChI=1S/C19H21BrN2O3/c1-19(2,3)22-18(25)12-5-4-6-15(10-12)21-17(24)11-13-9-14(20)7-8-16(13)23/h4-10,23H,11H2,1-3H3,(H,21,24)(H,22,25). The van der Waals surface area contributed by atoms with Gasteiger partial charge in [-0.15, -0.1) is 0 Å². The molecule has 0 heterocycles. The molecule has 132 valence electrons. The maximum atomic E-state index is 12.2.